The molecule has 0 aliphatic rings. The number of benzene rings is 3. The van der Waals surface area contributed by atoms with E-state index >= 15 is 0 Å². The lowest BCUT2D eigenvalue weighted by atomic mass is 10.0. The van der Waals surface area contributed by atoms with Gasteiger partial charge in [0.05, 0.1) is 15.6 Å². The lowest BCUT2D eigenvalue weighted by Gasteiger charge is -2.14. The highest BCUT2D eigenvalue weighted by Crippen LogP contribution is 2.33. The molecule has 0 spiro atoms. The summed E-state index contributed by atoms with van der Waals surface area (Å²) >= 11 is 5.73. The Morgan fingerprint density at radius 3 is 2.12 bits per heavy atom. The number of sulfonamides is 1. The molecular formula is C18H11ClF3NO2S. The smallest absolute Gasteiger partial charge is 0.261 e. The molecule has 0 unspecified atom stereocenters. The Labute approximate surface area is 153 Å². The van der Waals surface area contributed by atoms with Gasteiger partial charge in [-0.05, 0) is 35.9 Å². The van der Waals surface area contributed by atoms with Gasteiger partial charge in [-0.15, -0.1) is 0 Å². The SMILES string of the molecule is O=S(=O)(Nc1cc(F)c(F)cc1-c1ccc(F)c(Cl)c1)c1ccccc1. The Balaban J connectivity index is 2.12. The van der Waals surface area contributed by atoms with Gasteiger partial charge >= 0.3 is 0 Å². The number of hydrogen-bond donors (Lipinski definition) is 1. The Kier molecular flexibility index (Phi) is 4.93. The fourth-order valence-corrected chi connectivity index (χ4v) is 3.61. The molecule has 3 aromatic rings. The minimum atomic E-state index is -4.04. The highest BCUT2D eigenvalue weighted by Gasteiger charge is 2.19. The molecule has 0 atom stereocenters. The van der Waals surface area contributed by atoms with Crippen LogP contribution in [0, 0.1) is 17.5 Å². The first-order valence-corrected chi connectivity index (χ1v) is 9.16. The molecule has 0 bridgehead atoms. The van der Waals surface area contributed by atoms with E-state index in [0.717, 1.165) is 18.2 Å². The van der Waals surface area contributed by atoms with Crippen LogP contribution in [0.2, 0.25) is 5.02 Å². The van der Waals surface area contributed by atoms with E-state index in [2.05, 4.69) is 4.72 Å². The normalized spacial score (nSPS) is 11.4. The standard InChI is InChI=1S/C18H11ClF3NO2S/c19-14-8-11(6-7-15(14)20)13-9-16(21)17(22)10-18(13)23-26(24,25)12-4-2-1-3-5-12/h1-10,23H. The van der Waals surface area contributed by atoms with Crippen LogP contribution in [-0.2, 0) is 10.0 Å². The zero-order valence-corrected chi connectivity index (χ0v) is 14.6. The van der Waals surface area contributed by atoms with Crippen LogP contribution in [0.15, 0.2) is 65.6 Å². The molecule has 0 radical (unpaired) electrons. The van der Waals surface area contributed by atoms with Crippen molar-refractivity contribution in [3.05, 3.63) is 83.1 Å². The molecule has 0 fully saturated rings. The molecule has 0 heterocycles. The van der Waals surface area contributed by atoms with E-state index in [4.69, 9.17) is 11.6 Å². The molecule has 0 aromatic heterocycles. The molecule has 8 heteroatoms. The Bertz CT molecular complexity index is 1070. The molecular weight excluding hydrogens is 387 g/mol. The van der Waals surface area contributed by atoms with Crippen molar-refractivity contribution < 1.29 is 21.6 Å². The van der Waals surface area contributed by atoms with Gasteiger partial charge < -0.3 is 0 Å². The van der Waals surface area contributed by atoms with Gasteiger partial charge in [0.25, 0.3) is 10.0 Å². The van der Waals surface area contributed by atoms with Gasteiger partial charge in [-0.25, -0.2) is 21.6 Å². The van der Waals surface area contributed by atoms with E-state index in [9.17, 15) is 21.6 Å². The molecule has 134 valence electrons. The first-order valence-electron chi connectivity index (χ1n) is 7.30. The summed E-state index contributed by atoms with van der Waals surface area (Å²) in [6.45, 7) is 0. The van der Waals surface area contributed by atoms with E-state index in [1.807, 2.05) is 0 Å². The molecule has 0 aliphatic heterocycles. The van der Waals surface area contributed by atoms with Crippen LogP contribution in [0.4, 0.5) is 18.9 Å². The summed E-state index contributed by atoms with van der Waals surface area (Å²) in [5, 5.41) is -0.232. The summed E-state index contributed by atoms with van der Waals surface area (Å²) < 4.78 is 68.0. The first-order chi connectivity index (χ1) is 12.3. The van der Waals surface area contributed by atoms with E-state index in [1.165, 1.54) is 36.4 Å². The monoisotopic (exact) mass is 397 g/mol. The average Bonchev–Trinajstić information content (AvgIpc) is 2.61. The zero-order valence-electron chi connectivity index (χ0n) is 13.0. The summed E-state index contributed by atoms with van der Waals surface area (Å²) in [4.78, 5) is -0.0483. The molecule has 3 nitrogen and oxygen atoms in total. The van der Waals surface area contributed by atoms with Crippen molar-refractivity contribution >= 4 is 27.3 Å². The Morgan fingerprint density at radius 2 is 1.46 bits per heavy atom. The first kappa shape index (κ1) is 18.3. The number of halogens is 4. The van der Waals surface area contributed by atoms with Gasteiger partial charge in [0, 0.05) is 11.6 Å². The van der Waals surface area contributed by atoms with Gasteiger partial charge in [0.1, 0.15) is 5.82 Å². The van der Waals surface area contributed by atoms with Gasteiger partial charge in [-0.1, -0.05) is 35.9 Å². The molecule has 3 rings (SSSR count). The lowest BCUT2D eigenvalue weighted by Crippen LogP contribution is -2.14. The van der Waals surface area contributed by atoms with Crippen LogP contribution in [0.3, 0.4) is 0 Å². The maximum atomic E-state index is 13.7. The quantitative estimate of drug-likeness (QED) is 0.655. The van der Waals surface area contributed by atoms with Crippen LogP contribution in [-0.4, -0.2) is 8.42 Å². The average molecular weight is 398 g/mol. The number of nitrogens with one attached hydrogen (secondary N) is 1. The van der Waals surface area contributed by atoms with Crippen molar-refractivity contribution in [2.75, 3.05) is 4.72 Å². The summed E-state index contributed by atoms with van der Waals surface area (Å²) in [5.74, 6) is -3.10. The van der Waals surface area contributed by atoms with Gasteiger partial charge in [-0.2, -0.15) is 0 Å². The fraction of sp³-hybridized carbons (Fsp3) is 0. The van der Waals surface area contributed by atoms with Crippen molar-refractivity contribution in [3.63, 3.8) is 0 Å². The maximum absolute atomic E-state index is 13.7. The molecule has 3 aromatic carbocycles. The fourth-order valence-electron chi connectivity index (χ4n) is 2.34. The van der Waals surface area contributed by atoms with Crippen LogP contribution in [0.1, 0.15) is 0 Å². The predicted octanol–water partition coefficient (Wildman–Crippen LogP) is 5.23. The number of anilines is 1. The minimum absolute atomic E-state index is 0.0188. The second kappa shape index (κ2) is 7.01. The van der Waals surface area contributed by atoms with Crippen LogP contribution >= 0.6 is 11.6 Å². The van der Waals surface area contributed by atoms with Crippen molar-refractivity contribution in [2.24, 2.45) is 0 Å². The third-order valence-electron chi connectivity index (χ3n) is 3.59. The van der Waals surface area contributed by atoms with E-state index < -0.39 is 27.5 Å². The zero-order chi connectivity index (χ0) is 18.9. The van der Waals surface area contributed by atoms with Gasteiger partial charge in [0.15, 0.2) is 11.6 Å². The van der Waals surface area contributed by atoms with Crippen LogP contribution in [0.5, 0.6) is 0 Å². The van der Waals surface area contributed by atoms with Crippen LogP contribution in [0.25, 0.3) is 11.1 Å². The lowest BCUT2D eigenvalue weighted by molar-refractivity contribution is 0.509. The molecule has 1 N–H and O–H groups in total. The predicted molar refractivity (Wildman–Crippen MR) is 94.0 cm³/mol. The van der Waals surface area contributed by atoms with Gasteiger partial charge in [0.2, 0.25) is 0 Å². The summed E-state index contributed by atoms with van der Waals surface area (Å²) in [7, 11) is -4.04. The summed E-state index contributed by atoms with van der Waals surface area (Å²) in [6.07, 6.45) is 0. The highest BCUT2D eigenvalue weighted by molar-refractivity contribution is 7.92. The minimum Gasteiger partial charge on any atom is -0.279 e. The van der Waals surface area contributed by atoms with E-state index in [-0.39, 0.29) is 26.7 Å². The number of rotatable bonds is 4. The Hall–Kier alpha value is -2.51. The van der Waals surface area contributed by atoms with Crippen molar-refractivity contribution in [2.45, 2.75) is 4.90 Å². The topological polar surface area (TPSA) is 46.2 Å². The second-order valence-corrected chi connectivity index (χ2v) is 7.45. The summed E-state index contributed by atoms with van der Waals surface area (Å²) in [5.41, 5.74) is 0.0433. The third-order valence-corrected chi connectivity index (χ3v) is 5.26. The highest BCUT2D eigenvalue weighted by atomic mass is 35.5. The van der Waals surface area contributed by atoms with E-state index in [0.29, 0.717) is 0 Å². The molecule has 26 heavy (non-hydrogen) atoms. The van der Waals surface area contributed by atoms with Crippen molar-refractivity contribution in [1.82, 2.24) is 0 Å². The number of hydrogen-bond acceptors (Lipinski definition) is 2. The largest absolute Gasteiger partial charge is 0.279 e. The molecule has 0 saturated heterocycles. The van der Waals surface area contributed by atoms with Gasteiger partial charge in [-0.3, -0.25) is 4.72 Å². The second-order valence-electron chi connectivity index (χ2n) is 5.36. The summed E-state index contributed by atoms with van der Waals surface area (Å²) in [6, 6.07) is 12.5. The van der Waals surface area contributed by atoms with Crippen molar-refractivity contribution in [1.29, 1.82) is 0 Å². The molecule has 0 aliphatic carbocycles. The Morgan fingerprint density at radius 1 is 0.808 bits per heavy atom. The molecule has 0 amide bonds. The maximum Gasteiger partial charge on any atom is 0.261 e. The van der Waals surface area contributed by atoms with Crippen LogP contribution < -0.4 is 4.72 Å². The van der Waals surface area contributed by atoms with Crippen molar-refractivity contribution in [3.8, 4) is 11.1 Å². The molecule has 0 saturated carbocycles. The third kappa shape index (κ3) is 3.68. The van der Waals surface area contributed by atoms with E-state index in [1.54, 1.807) is 6.07 Å².